The van der Waals surface area contributed by atoms with Crippen LogP contribution in [0, 0.1) is 5.92 Å². The van der Waals surface area contributed by atoms with Gasteiger partial charge in [0.2, 0.25) is 0 Å². The fraction of sp³-hybridized carbons (Fsp3) is 1.00. The summed E-state index contributed by atoms with van der Waals surface area (Å²) >= 11 is 0. The average molecular weight is 249 g/mol. The van der Waals surface area contributed by atoms with E-state index in [1.165, 1.54) is 83.5 Å². The summed E-state index contributed by atoms with van der Waals surface area (Å²) in [7, 11) is 2.46. The Labute approximate surface area is 115 Å². The molecule has 0 amide bonds. The minimum Gasteiger partial charge on any atom is -0.319 e. The Kier molecular flexibility index (Phi) is 6.61. The summed E-state index contributed by atoms with van der Waals surface area (Å²) in [6.45, 7) is 0. The predicted octanol–water partition coefficient (Wildman–Crippen LogP) is 3.62. The standard InChI is InChI=1S/C16H32BN/c17-16(14-10-6-2-1-3-7-11-14)18-15-12-8-4-5-9-13-15/h14-16,18H,1-13,17H2. The molecule has 0 bridgehead atoms. The van der Waals surface area contributed by atoms with E-state index in [1.807, 2.05) is 0 Å². The molecule has 0 saturated heterocycles. The van der Waals surface area contributed by atoms with Gasteiger partial charge in [0, 0.05) is 6.04 Å². The molecule has 0 spiro atoms. The van der Waals surface area contributed by atoms with Gasteiger partial charge in [0.15, 0.2) is 0 Å². The minimum atomic E-state index is 0.756. The van der Waals surface area contributed by atoms with Crippen molar-refractivity contribution in [3.63, 3.8) is 0 Å². The first-order chi connectivity index (χ1) is 8.86. The van der Waals surface area contributed by atoms with Crippen molar-refractivity contribution in [1.29, 1.82) is 0 Å². The fourth-order valence-electron chi connectivity index (χ4n) is 3.94. The van der Waals surface area contributed by atoms with Gasteiger partial charge in [-0.15, -0.1) is 0 Å². The van der Waals surface area contributed by atoms with Crippen molar-refractivity contribution < 1.29 is 0 Å². The number of nitrogens with one attached hydrogen (secondary N) is 1. The SMILES string of the molecule is BC(NC1CCCCCC1)C1CCCCCCC1. The van der Waals surface area contributed by atoms with Crippen LogP contribution in [0.1, 0.15) is 83.5 Å². The summed E-state index contributed by atoms with van der Waals surface area (Å²) in [5.74, 6) is 1.71. The monoisotopic (exact) mass is 249 g/mol. The van der Waals surface area contributed by atoms with Crippen LogP contribution in [-0.4, -0.2) is 19.8 Å². The molecule has 2 rings (SSSR count). The molecule has 0 aromatic rings. The van der Waals surface area contributed by atoms with Gasteiger partial charge < -0.3 is 5.32 Å². The molecule has 2 fully saturated rings. The zero-order valence-corrected chi connectivity index (χ0v) is 12.4. The van der Waals surface area contributed by atoms with E-state index in [-0.39, 0.29) is 0 Å². The largest absolute Gasteiger partial charge is 0.319 e. The summed E-state index contributed by atoms with van der Waals surface area (Å²) in [6, 6.07) is 0.827. The molecular weight excluding hydrogens is 217 g/mol. The first kappa shape index (κ1) is 14.4. The lowest BCUT2D eigenvalue weighted by atomic mass is 9.76. The minimum absolute atomic E-state index is 0.756. The van der Waals surface area contributed by atoms with Crippen molar-refractivity contribution in [2.24, 2.45) is 5.92 Å². The van der Waals surface area contributed by atoms with Crippen LogP contribution in [0.3, 0.4) is 0 Å². The number of hydrogen-bond acceptors (Lipinski definition) is 1. The van der Waals surface area contributed by atoms with Gasteiger partial charge in [0.05, 0.1) is 0 Å². The quantitative estimate of drug-likeness (QED) is 0.595. The Morgan fingerprint density at radius 2 is 1.11 bits per heavy atom. The highest BCUT2D eigenvalue weighted by Gasteiger charge is 2.21. The van der Waals surface area contributed by atoms with Crippen molar-refractivity contribution in [3.8, 4) is 0 Å². The van der Waals surface area contributed by atoms with Gasteiger partial charge in [0.1, 0.15) is 7.85 Å². The Bertz CT molecular complexity index is 203. The summed E-state index contributed by atoms with van der Waals surface area (Å²) in [4.78, 5) is 0. The van der Waals surface area contributed by atoms with Crippen LogP contribution in [0.4, 0.5) is 0 Å². The molecule has 2 saturated carbocycles. The zero-order valence-electron chi connectivity index (χ0n) is 12.4. The first-order valence-corrected chi connectivity index (χ1v) is 8.62. The maximum atomic E-state index is 3.98. The van der Waals surface area contributed by atoms with Crippen LogP contribution >= 0.6 is 0 Å². The highest BCUT2D eigenvalue weighted by atomic mass is 14.9. The summed E-state index contributed by atoms with van der Waals surface area (Å²) < 4.78 is 0. The fourth-order valence-corrected chi connectivity index (χ4v) is 3.94. The maximum Gasteiger partial charge on any atom is 0.123 e. The highest BCUT2D eigenvalue weighted by molar-refractivity contribution is 6.11. The van der Waals surface area contributed by atoms with Crippen molar-refractivity contribution in [2.75, 3.05) is 0 Å². The van der Waals surface area contributed by atoms with Crippen molar-refractivity contribution >= 4 is 7.85 Å². The van der Waals surface area contributed by atoms with Gasteiger partial charge in [-0.05, 0) is 37.5 Å². The molecule has 1 unspecified atom stereocenters. The molecule has 0 heterocycles. The predicted molar refractivity (Wildman–Crippen MR) is 82.8 cm³/mol. The van der Waals surface area contributed by atoms with E-state index in [2.05, 4.69) is 13.2 Å². The molecule has 1 N–H and O–H groups in total. The third kappa shape index (κ3) is 4.95. The van der Waals surface area contributed by atoms with Gasteiger partial charge in [-0.25, -0.2) is 0 Å². The summed E-state index contributed by atoms with van der Waals surface area (Å²) in [6.07, 6.45) is 19.0. The molecule has 0 radical (unpaired) electrons. The Morgan fingerprint density at radius 3 is 1.67 bits per heavy atom. The second kappa shape index (κ2) is 8.25. The van der Waals surface area contributed by atoms with Crippen LogP contribution in [0.15, 0.2) is 0 Å². The van der Waals surface area contributed by atoms with Crippen LogP contribution in [-0.2, 0) is 0 Å². The molecule has 0 aliphatic heterocycles. The Balaban J connectivity index is 1.75. The van der Waals surface area contributed by atoms with Crippen LogP contribution < -0.4 is 5.32 Å². The first-order valence-electron chi connectivity index (χ1n) is 8.62. The Hall–Kier alpha value is 0.0249. The van der Waals surface area contributed by atoms with Crippen molar-refractivity contribution in [2.45, 2.75) is 95.5 Å². The normalized spacial score (nSPS) is 27.1. The molecule has 18 heavy (non-hydrogen) atoms. The van der Waals surface area contributed by atoms with Crippen LogP contribution in [0.5, 0.6) is 0 Å². The molecule has 2 heteroatoms. The van der Waals surface area contributed by atoms with E-state index in [1.54, 1.807) is 0 Å². The van der Waals surface area contributed by atoms with Crippen LogP contribution in [0.25, 0.3) is 0 Å². The van der Waals surface area contributed by atoms with E-state index in [0.29, 0.717) is 0 Å². The molecule has 104 valence electrons. The smallest absolute Gasteiger partial charge is 0.123 e. The molecule has 0 aromatic carbocycles. The van der Waals surface area contributed by atoms with E-state index >= 15 is 0 Å². The molecule has 2 aliphatic rings. The average Bonchev–Trinajstić information content (AvgIpc) is 2.57. The van der Waals surface area contributed by atoms with Gasteiger partial charge >= 0.3 is 0 Å². The summed E-state index contributed by atoms with van der Waals surface area (Å²) in [5, 5.41) is 3.98. The number of rotatable bonds is 3. The van der Waals surface area contributed by atoms with Crippen molar-refractivity contribution in [1.82, 2.24) is 5.32 Å². The van der Waals surface area contributed by atoms with Gasteiger partial charge in [-0.2, -0.15) is 0 Å². The Morgan fingerprint density at radius 1 is 0.667 bits per heavy atom. The van der Waals surface area contributed by atoms with Crippen molar-refractivity contribution in [3.05, 3.63) is 0 Å². The topological polar surface area (TPSA) is 12.0 Å². The summed E-state index contributed by atoms with van der Waals surface area (Å²) in [5.41, 5.74) is 0. The van der Waals surface area contributed by atoms with Gasteiger partial charge in [0.25, 0.3) is 0 Å². The highest BCUT2D eigenvalue weighted by Crippen LogP contribution is 2.25. The molecule has 0 aromatic heterocycles. The maximum absolute atomic E-state index is 3.98. The molecule has 1 nitrogen and oxygen atoms in total. The molecule has 2 aliphatic carbocycles. The second-order valence-electron chi connectivity index (χ2n) is 6.75. The van der Waals surface area contributed by atoms with Gasteiger partial charge in [-0.3, -0.25) is 0 Å². The number of hydrogen-bond donors (Lipinski definition) is 1. The van der Waals surface area contributed by atoms with E-state index in [4.69, 9.17) is 0 Å². The molecular formula is C16H32BN. The van der Waals surface area contributed by atoms with Gasteiger partial charge in [-0.1, -0.05) is 57.8 Å². The third-order valence-electron chi connectivity index (χ3n) is 5.21. The second-order valence-corrected chi connectivity index (χ2v) is 6.75. The molecule has 1 atom stereocenters. The van der Waals surface area contributed by atoms with E-state index in [0.717, 1.165) is 17.9 Å². The van der Waals surface area contributed by atoms with E-state index < -0.39 is 0 Å². The lowest BCUT2D eigenvalue weighted by molar-refractivity contribution is 0.310. The van der Waals surface area contributed by atoms with Crippen LogP contribution in [0.2, 0.25) is 0 Å². The third-order valence-corrected chi connectivity index (χ3v) is 5.21. The zero-order chi connectivity index (χ0) is 12.6. The van der Waals surface area contributed by atoms with E-state index in [9.17, 15) is 0 Å². The lowest BCUT2D eigenvalue weighted by Crippen LogP contribution is -2.43. The lowest BCUT2D eigenvalue weighted by Gasteiger charge is -2.30.